The molecule has 12 heavy (non-hydrogen) atoms. The molecule has 74 valence electrons. The van der Waals surface area contributed by atoms with Crippen molar-refractivity contribution in [1.29, 1.82) is 0 Å². The molecule has 0 fully saturated rings. The zero-order valence-corrected chi connectivity index (χ0v) is 8.68. The summed E-state index contributed by atoms with van der Waals surface area (Å²) in [5.74, 6) is 0.562. The van der Waals surface area contributed by atoms with Crippen LogP contribution >= 0.6 is 0 Å². The lowest BCUT2D eigenvalue weighted by molar-refractivity contribution is 0.211. The molecule has 0 bridgehead atoms. The molecule has 0 unspecified atom stereocenters. The van der Waals surface area contributed by atoms with Crippen LogP contribution in [0.2, 0.25) is 0 Å². The summed E-state index contributed by atoms with van der Waals surface area (Å²) in [6, 6.07) is 0. The minimum absolute atomic E-state index is 0.379. The van der Waals surface area contributed by atoms with Crippen LogP contribution in [0.4, 0.5) is 0 Å². The molecule has 0 saturated carbocycles. The van der Waals surface area contributed by atoms with Gasteiger partial charge in [-0.1, -0.05) is 52.4 Å². The Morgan fingerprint density at radius 3 is 2.17 bits per heavy atom. The average molecular weight is 172 g/mol. The molecule has 0 heterocycles. The second kappa shape index (κ2) is 9.05. The molecule has 1 nitrogen and oxygen atoms in total. The first-order valence-electron chi connectivity index (χ1n) is 5.46. The van der Waals surface area contributed by atoms with E-state index in [-0.39, 0.29) is 0 Å². The Bertz CT molecular complexity index is 77.1. The van der Waals surface area contributed by atoms with E-state index >= 15 is 0 Å². The Morgan fingerprint density at radius 1 is 1.00 bits per heavy atom. The van der Waals surface area contributed by atoms with Gasteiger partial charge in [0.15, 0.2) is 0 Å². The van der Waals surface area contributed by atoms with Crippen molar-refractivity contribution < 1.29 is 5.11 Å². The van der Waals surface area contributed by atoms with E-state index in [1.54, 1.807) is 0 Å². The zero-order valence-electron chi connectivity index (χ0n) is 8.68. The van der Waals surface area contributed by atoms with Crippen molar-refractivity contribution in [3.8, 4) is 0 Å². The van der Waals surface area contributed by atoms with Crippen LogP contribution in [0.1, 0.15) is 58.8 Å². The maximum absolute atomic E-state index is 8.93. The Balaban J connectivity index is 3.06. The highest BCUT2D eigenvalue weighted by Gasteiger charge is 2.02. The highest BCUT2D eigenvalue weighted by atomic mass is 16.3. The molecule has 0 amide bonds. The minimum Gasteiger partial charge on any atom is -0.396 e. The van der Waals surface area contributed by atoms with Crippen LogP contribution in [0, 0.1) is 5.92 Å². The summed E-state index contributed by atoms with van der Waals surface area (Å²) >= 11 is 0. The van der Waals surface area contributed by atoms with Crippen molar-refractivity contribution in [2.45, 2.75) is 58.8 Å². The molecule has 0 rings (SSSR count). The highest BCUT2D eigenvalue weighted by molar-refractivity contribution is 4.55. The molecule has 1 heteroatoms. The lowest BCUT2D eigenvalue weighted by Gasteiger charge is -2.10. The number of unbranched alkanes of at least 4 members (excludes halogenated alkanes) is 4. The molecule has 0 aromatic carbocycles. The van der Waals surface area contributed by atoms with E-state index in [1.165, 1.54) is 38.5 Å². The smallest absolute Gasteiger partial charge is 0.0459 e. The first-order valence-corrected chi connectivity index (χ1v) is 5.46. The maximum atomic E-state index is 8.93. The molecule has 0 radical (unpaired) electrons. The van der Waals surface area contributed by atoms with E-state index in [4.69, 9.17) is 5.11 Å². The summed E-state index contributed by atoms with van der Waals surface area (Å²) < 4.78 is 0. The van der Waals surface area contributed by atoms with Gasteiger partial charge in [-0.25, -0.2) is 0 Å². The Kier molecular flexibility index (Phi) is 9.02. The number of aliphatic hydroxyl groups excluding tert-OH is 1. The average Bonchev–Trinajstić information content (AvgIpc) is 2.11. The van der Waals surface area contributed by atoms with Gasteiger partial charge in [-0.15, -0.1) is 0 Å². The van der Waals surface area contributed by atoms with Crippen molar-refractivity contribution in [3.63, 3.8) is 0 Å². The van der Waals surface area contributed by atoms with E-state index < -0.39 is 0 Å². The van der Waals surface area contributed by atoms with Gasteiger partial charge >= 0.3 is 0 Å². The predicted molar refractivity (Wildman–Crippen MR) is 54.2 cm³/mol. The summed E-state index contributed by atoms with van der Waals surface area (Å²) in [5, 5.41) is 8.93. The van der Waals surface area contributed by atoms with Crippen LogP contribution in [0.15, 0.2) is 0 Å². The van der Waals surface area contributed by atoms with Gasteiger partial charge < -0.3 is 5.11 Å². The molecule has 1 atom stereocenters. The Hall–Kier alpha value is -0.0400. The van der Waals surface area contributed by atoms with Crippen molar-refractivity contribution in [3.05, 3.63) is 0 Å². The van der Waals surface area contributed by atoms with Crippen molar-refractivity contribution in [2.24, 2.45) is 5.92 Å². The van der Waals surface area contributed by atoms with Gasteiger partial charge in [-0.2, -0.15) is 0 Å². The summed E-state index contributed by atoms with van der Waals surface area (Å²) in [4.78, 5) is 0. The molecule has 0 aromatic rings. The largest absolute Gasteiger partial charge is 0.396 e. The van der Waals surface area contributed by atoms with Crippen molar-refractivity contribution >= 4 is 0 Å². The quantitative estimate of drug-likeness (QED) is 0.557. The fourth-order valence-corrected chi connectivity index (χ4v) is 1.46. The molecule has 0 aliphatic heterocycles. The number of hydrogen-bond donors (Lipinski definition) is 1. The van der Waals surface area contributed by atoms with Crippen LogP contribution in [-0.2, 0) is 0 Å². The fraction of sp³-hybridized carbons (Fsp3) is 1.00. The normalized spacial score (nSPS) is 13.2. The zero-order chi connectivity index (χ0) is 9.23. The third-order valence-corrected chi connectivity index (χ3v) is 2.55. The van der Waals surface area contributed by atoms with Crippen LogP contribution in [0.3, 0.4) is 0 Å². The van der Waals surface area contributed by atoms with Crippen LogP contribution in [0.25, 0.3) is 0 Å². The summed E-state index contributed by atoms with van der Waals surface area (Å²) in [7, 11) is 0. The van der Waals surface area contributed by atoms with Crippen LogP contribution in [-0.4, -0.2) is 11.7 Å². The fourth-order valence-electron chi connectivity index (χ4n) is 1.46. The molecule has 0 aliphatic rings. The third kappa shape index (κ3) is 6.66. The van der Waals surface area contributed by atoms with Gasteiger partial charge in [0.2, 0.25) is 0 Å². The second-order valence-electron chi connectivity index (χ2n) is 3.66. The topological polar surface area (TPSA) is 20.2 Å². The lowest BCUT2D eigenvalue weighted by Crippen LogP contribution is -2.03. The molecule has 0 aromatic heterocycles. The summed E-state index contributed by atoms with van der Waals surface area (Å²) in [6.07, 6.45) is 9.07. The van der Waals surface area contributed by atoms with Crippen molar-refractivity contribution in [1.82, 2.24) is 0 Å². The number of rotatable bonds is 8. The first kappa shape index (κ1) is 12.0. The Labute approximate surface area is 77.2 Å². The van der Waals surface area contributed by atoms with Gasteiger partial charge in [0, 0.05) is 6.61 Å². The van der Waals surface area contributed by atoms with Gasteiger partial charge in [0.25, 0.3) is 0 Å². The maximum Gasteiger partial charge on any atom is 0.0459 e. The summed E-state index contributed by atoms with van der Waals surface area (Å²) in [6.45, 7) is 4.78. The molecular formula is C11H24O. The third-order valence-electron chi connectivity index (χ3n) is 2.55. The van der Waals surface area contributed by atoms with E-state index in [0.29, 0.717) is 12.5 Å². The minimum atomic E-state index is 0.379. The molecule has 1 N–H and O–H groups in total. The molecule has 0 aliphatic carbocycles. The van der Waals surface area contributed by atoms with E-state index in [1.807, 2.05) is 0 Å². The second-order valence-corrected chi connectivity index (χ2v) is 3.66. The van der Waals surface area contributed by atoms with Crippen LogP contribution in [0.5, 0.6) is 0 Å². The first-order chi connectivity index (χ1) is 5.85. The van der Waals surface area contributed by atoms with E-state index in [2.05, 4.69) is 13.8 Å². The standard InChI is InChI=1S/C11H24O/c1-3-5-6-7-8-9-11(4-2)10-12/h11-12H,3-10H2,1-2H3/t11-/m1/s1. The molecule has 0 saturated heterocycles. The monoisotopic (exact) mass is 172 g/mol. The number of hydrogen-bond acceptors (Lipinski definition) is 1. The van der Waals surface area contributed by atoms with Crippen molar-refractivity contribution in [2.75, 3.05) is 6.61 Å². The van der Waals surface area contributed by atoms with Gasteiger partial charge in [0.1, 0.15) is 0 Å². The van der Waals surface area contributed by atoms with Gasteiger partial charge in [0.05, 0.1) is 0 Å². The predicted octanol–water partition coefficient (Wildman–Crippen LogP) is 3.37. The van der Waals surface area contributed by atoms with Crippen LogP contribution < -0.4 is 0 Å². The Morgan fingerprint density at radius 2 is 1.67 bits per heavy atom. The van der Waals surface area contributed by atoms with E-state index in [9.17, 15) is 0 Å². The lowest BCUT2D eigenvalue weighted by atomic mass is 9.99. The van der Waals surface area contributed by atoms with Gasteiger partial charge in [-0.05, 0) is 12.3 Å². The van der Waals surface area contributed by atoms with E-state index in [0.717, 1.165) is 6.42 Å². The molecule has 0 spiro atoms. The van der Waals surface area contributed by atoms with Gasteiger partial charge in [-0.3, -0.25) is 0 Å². The number of aliphatic hydroxyl groups is 1. The SMILES string of the molecule is CCCCCCC[C@@H](CC)CO. The molecular weight excluding hydrogens is 148 g/mol. The highest BCUT2D eigenvalue weighted by Crippen LogP contribution is 2.13. The summed E-state index contributed by atoms with van der Waals surface area (Å²) in [5.41, 5.74) is 0.